The number of carbonyl (C=O) groups excluding carboxylic acids is 2. The third-order valence-corrected chi connectivity index (χ3v) is 6.06. The van der Waals surface area contributed by atoms with E-state index in [0.29, 0.717) is 42.3 Å². The highest BCUT2D eigenvalue weighted by Gasteiger charge is 2.31. The number of benzene rings is 1. The van der Waals surface area contributed by atoms with Gasteiger partial charge >= 0.3 is 11.5 Å². The first-order valence-electron chi connectivity index (χ1n) is 11.9. The molecule has 0 bridgehead atoms. The molecule has 1 amide bonds. The Labute approximate surface area is 222 Å². The molecule has 1 saturated heterocycles. The van der Waals surface area contributed by atoms with E-state index in [1.165, 1.54) is 30.5 Å². The Morgan fingerprint density at radius 3 is 2.63 bits per heavy atom. The Morgan fingerprint density at radius 1 is 1.26 bits per heavy atom. The molecule has 1 aromatic carbocycles. The Morgan fingerprint density at radius 2 is 2.00 bits per heavy atom. The second kappa shape index (κ2) is 11.3. The van der Waals surface area contributed by atoms with Gasteiger partial charge in [0.05, 0.1) is 17.8 Å². The van der Waals surface area contributed by atoms with Gasteiger partial charge < -0.3 is 25.4 Å². The van der Waals surface area contributed by atoms with E-state index in [9.17, 15) is 18.4 Å². The largest absolute Gasteiger partial charge is 0.487 e. The van der Waals surface area contributed by atoms with Crippen molar-refractivity contribution in [2.24, 2.45) is 11.7 Å². The molecule has 13 heteroatoms. The highest BCUT2D eigenvalue weighted by molar-refractivity contribution is 6.20. The van der Waals surface area contributed by atoms with Gasteiger partial charge in [0.1, 0.15) is 23.7 Å². The highest BCUT2D eigenvalue weighted by Crippen LogP contribution is 2.32. The number of anilines is 2. The molecular formula is C25H27ClF2N6O4. The number of amides is 1. The van der Waals surface area contributed by atoms with Gasteiger partial charge in [-0.1, -0.05) is 13.8 Å². The predicted molar refractivity (Wildman–Crippen MR) is 137 cm³/mol. The lowest BCUT2D eigenvalue weighted by atomic mass is 10.1. The van der Waals surface area contributed by atoms with Crippen molar-refractivity contribution in [1.29, 1.82) is 0 Å². The van der Waals surface area contributed by atoms with Crippen LogP contribution in [0.3, 0.4) is 0 Å². The van der Waals surface area contributed by atoms with E-state index in [2.05, 4.69) is 25.2 Å². The van der Waals surface area contributed by atoms with Crippen LogP contribution < -0.4 is 20.7 Å². The normalized spacial score (nSPS) is 16.4. The van der Waals surface area contributed by atoms with Gasteiger partial charge in [0.15, 0.2) is 0 Å². The van der Waals surface area contributed by atoms with Crippen LogP contribution in [0.5, 0.6) is 5.75 Å². The SMILES string of the molecule is CC(C)[C@H](N)C(=O)O[C@@H]1CCN(c2ncc(C(=O)Nc3ccc(OC(F)(F)Cl)cc3)cc2-c2ccn[nH]2)C1. The summed E-state index contributed by atoms with van der Waals surface area (Å²) in [6.45, 7) is 4.73. The third-order valence-electron chi connectivity index (χ3n) is 5.98. The maximum absolute atomic E-state index is 12.9. The number of nitrogens with zero attached hydrogens (tertiary/aromatic N) is 3. The average Bonchev–Trinajstić information content (AvgIpc) is 3.56. The summed E-state index contributed by atoms with van der Waals surface area (Å²) in [6, 6.07) is 8.06. The molecule has 3 aromatic rings. The minimum atomic E-state index is -3.83. The molecule has 1 aliphatic rings. The van der Waals surface area contributed by atoms with Crippen LogP contribution in [0.4, 0.5) is 20.3 Å². The number of carbonyl (C=O) groups is 2. The first-order chi connectivity index (χ1) is 18.0. The summed E-state index contributed by atoms with van der Waals surface area (Å²) in [5.41, 5.74) is 3.98. The molecule has 2 aromatic heterocycles. The number of hydrogen-bond donors (Lipinski definition) is 3. The number of alkyl halides is 3. The van der Waals surface area contributed by atoms with Gasteiger partial charge in [-0.15, -0.1) is 8.78 Å². The summed E-state index contributed by atoms with van der Waals surface area (Å²) in [7, 11) is 0. The Kier molecular flexibility index (Phi) is 8.12. The number of nitrogens with two attached hydrogens (primary N) is 1. The molecule has 0 radical (unpaired) electrons. The molecule has 4 N–H and O–H groups in total. The minimum absolute atomic E-state index is 0.0333. The number of nitrogens with one attached hydrogen (secondary N) is 2. The number of pyridine rings is 1. The van der Waals surface area contributed by atoms with Gasteiger partial charge in [0, 0.05) is 48.2 Å². The van der Waals surface area contributed by atoms with Crippen LogP contribution in [-0.2, 0) is 9.53 Å². The number of H-pyrrole nitrogens is 1. The zero-order chi connectivity index (χ0) is 27.4. The monoisotopic (exact) mass is 548 g/mol. The maximum Gasteiger partial charge on any atom is 0.487 e. The van der Waals surface area contributed by atoms with E-state index >= 15 is 0 Å². The minimum Gasteiger partial charge on any atom is -0.459 e. The van der Waals surface area contributed by atoms with Crippen molar-refractivity contribution in [1.82, 2.24) is 15.2 Å². The Bertz CT molecular complexity index is 1270. The van der Waals surface area contributed by atoms with Crippen molar-refractivity contribution in [3.05, 3.63) is 54.4 Å². The number of aromatic nitrogens is 3. The van der Waals surface area contributed by atoms with Crippen molar-refractivity contribution in [2.45, 2.75) is 38.0 Å². The Balaban J connectivity index is 1.49. The molecule has 202 valence electrons. The number of aromatic amines is 1. The smallest absolute Gasteiger partial charge is 0.459 e. The average molecular weight is 549 g/mol. The zero-order valence-corrected chi connectivity index (χ0v) is 21.4. The zero-order valence-electron chi connectivity index (χ0n) is 20.7. The number of ether oxygens (including phenoxy) is 2. The lowest BCUT2D eigenvalue weighted by Gasteiger charge is -2.22. The molecule has 10 nitrogen and oxygen atoms in total. The maximum atomic E-state index is 12.9. The lowest BCUT2D eigenvalue weighted by Crippen LogP contribution is -2.39. The molecule has 3 heterocycles. The topological polar surface area (TPSA) is 135 Å². The van der Waals surface area contributed by atoms with Crippen molar-refractivity contribution >= 4 is 35.0 Å². The molecule has 1 fully saturated rings. The fraction of sp³-hybridized carbons (Fsp3) is 0.360. The van der Waals surface area contributed by atoms with Crippen LogP contribution in [0, 0.1) is 5.92 Å². The first-order valence-corrected chi connectivity index (χ1v) is 12.3. The molecule has 38 heavy (non-hydrogen) atoms. The highest BCUT2D eigenvalue weighted by atomic mass is 35.5. The summed E-state index contributed by atoms with van der Waals surface area (Å²) in [4.78, 5) is 31.8. The Hall–Kier alpha value is -3.77. The van der Waals surface area contributed by atoms with Crippen LogP contribution in [-0.4, -0.2) is 57.9 Å². The third kappa shape index (κ3) is 6.75. The van der Waals surface area contributed by atoms with E-state index in [4.69, 9.17) is 22.1 Å². The summed E-state index contributed by atoms with van der Waals surface area (Å²) in [5, 5.41) is 9.59. The van der Waals surface area contributed by atoms with Crippen molar-refractivity contribution in [2.75, 3.05) is 23.3 Å². The molecule has 1 aliphatic heterocycles. The van der Waals surface area contributed by atoms with Gasteiger partial charge in [0.25, 0.3) is 5.91 Å². The number of esters is 1. The molecule has 4 rings (SSSR count). The molecule has 0 unspecified atom stereocenters. The number of halogens is 3. The van der Waals surface area contributed by atoms with Crippen molar-refractivity contribution < 1.29 is 27.8 Å². The molecule has 0 aliphatic carbocycles. The number of hydrogen-bond acceptors (Lipinski definition) is 8. The van der Waals surface area contributed by atoms with Crippen LogP contribution >= 0.6 is 11.6 Å². The summed E-state index contributed by atoms with van der Waals surface area (Å²) >= 11 is 4.77. The molecular weight excluding hydrogens is 522 g/mol. The molecule has 0 spiro atoms. The lowest BCUT2D eigenvalue weighted by molar-refractivity contribution is -0.150. The van der Waals surface area contributed by atoms with E-state index in [1.54, 1.807) is 18.3 Å². The van der Waals surface area contributed by atoms with E-state index in [-0.39, 0.29) is 23.3 Å². The standard InChI is InChI=1S/C25H27ClF2N6O4/c1-14(2)21(29)24(36)37-18-8-10-34(13-18)22-19(20-7-9-31-33-20)11-15(12-30-22)23(35)32-16-3-5-17(6-4-16)38-25(26,27)28/h3-7,9,11-12,14,18,21H,8,10,13,29H2,1-2H3,(H,31,33)(H,32,35)/t18-,21+/m1/s1. The fourth-order valence-corrected chi connectivity index (χ4v) is 4.00. The quantitative estimate of drug-likeness (QED) is 0.270. The van der Waals surface area contributed by atoms with Crippen LogP contribution in [0.25, 0.3) is 11.3 Å². The summed E-state index contributed by atoms with van der Waals surface area (Å²) in [5.74, 6) is -0.486. The van der Waals surface area contributed by atoms with E-state index in [0.717, 1.165) is 0 Å². The second-order valence-corrected chi connectivity index (χ2v) is 9.60. The fourth-order valence-electron chi connectivity index (χ4n) is 3.91. The summed E-state index contributed by atoms with van der Waals surface area (Å²) in [6.07, 6.45) is 3.29. The van der Waals surface area contributed by atoms with E-state index < -0.39 is 23.5 Å². The molecule has 0 saturated carbocycles. The van der Waals surface area contributed by atoms with Crippen LogP contribution in [0.15, 0.2) is 48.8 Å². The van der Waals surface area contributed by atoms with Gasteiger partial charge in [-0.3, -0.25) is 14.7 Å². The van der Waals surface area contributed by atoms with Gasteiger partial charge in [0.2, 0.25) is 0 Å². The van der Waals surface area contributed by atoms with Crippen LogP contribution in [0.1, 0.15) is 30.6 Å². The van der Waals surface area contributed by atoms with Crippen molar-refractivity contribution in [3.63, 3.8) is 0 Å². The molecule has 2 atom stereocenters. The first kappa shape index (κ1) is 27.3. The van der Waals surface area contributed by atoms with Gasteiger partial charge in [-0.2, -0.15) is 5.10 Å². The van der Waals surface area contributed by atoms with Crippen molar-refractivity contribution in [3.8, 4) is 17.0 Å². The summed E-state index contributed by atoms with van der Waals surface area (Å²) < 4.78 is 35.5. The predicted octanol–water partition coefficient (Wildman–Crippen LogP) is 4.00. The second-order valence-electron chi connectivity index (χ2n) is 9.16. The van der Waals surface area contributed by atoms with E-state index in [1.807, 2.05) is 18.7 Å². The number of rotatable bonds is 9. The van der Waals surface area contributed by atoms with Gasteiger partial charge in [-0.25, -0.2) is 4.98 Å². The van der Waals surface area contributed by atoms with Gasteiger partial charge in [-0.05, 0) is 42.3 Å². The van der Waals surface area contributed by atoms with Crippen LogP contribution in [0.2, 0.25) is 0 Å².